The smallest absolute Gasteiger partial charge is 0.416 e. The van der Waals surface area contributed by atoms with Crippen molar-refractivity contribution in [3.8, 4) is 0 Å². The summed E-state index contributed by atoms with van der Waals surface area (Å²) in [5, 5.41) is 13.2. The second-order valence-corrected chi connectivity index (χ2v) is 5.68. The SMILES string of the molecule is O=C(O)c1nn(Cc2ccc(F)cc2Cl)c2cc(C(F)(F)F)ccc12. The van der Waals surface area contributed by atoms with Crippen molar-refractivity contribution in [2.75, 3.05) is 0 Å². The van der Waals surface area contributed by atoms with Crippen molar-refractivity contribution in [3.63, 3.8) is 0 Å². The minimum absolute atomic E-state index is 0.00684. The Labute approximate surface area is 143 Å². The lowest BCUT2D eigenvalue weighted by Crippen LogP contribution is -2.07. The zero-order valence-corrected chi connectivity index (χ0v) is 13.1. The molecule has 0 amide bonds. The average Bonchev–Trinajstić information content (AvgIpc) is 2.87. The van der Waals surface area contributed by atoms with Gasteiger partial charge in [0.25, 0.3) is 0 Å². The predicted octanol–water partition coefficient (Wildman–Crippen LogP) is 4.59. The number of halogens is 5. The minimum Gasteiger partial charge on any atom is -0.476 e. The number of benzene rings is 2. The third kappa shape index (κ3) is 3.30. The van der Waals surface area contributed by atoms with Crippen LogP contribution in [0.5, 0.6) is 0 Å². The summed E-state index contributed by atoms with van der Waals surface area (Å²) in [6.07, 6.45) is -4.58. The zero-order chi connectivity index (χ0) is 18.4. The number of hydrogen-bond acceptors (Lipinski definition) is 2. The summed E-state index contributed by atoms with van der Waals surface area (Å²) >= 11 is 5.93. The quantitative estimate of drug-likeness (QED) is 0.684. The number of hydrogen-bond donors (Lipinski definition) is 1. The summed E-state index contributed by atoms with van der Waals surface area (Å²) in [6, 6.07) is 6.25. The lowest BCUT2D eigenvalue weighted by atomic mass is 10.1. The van der Waals surface area contributed by atoms with E-state index >= 15 is 0 Å². The molecule has 1 aromatic heterocycles. The zero-order valence-electron chi connectivity index (χ0n) is 12.3. The van der Waals surface area contributed by atoms with Crippen LogP contribution in [0.4, 0.5) is 17.6 Å². The molecule has 0 aliphatic carbocycles. The standard InChI is InChI=1S/C16H9ClF4N2O2/c17-12-6-10(18)3-1-8(12)7-23-13-5-9(16(19,20)21)2-4-11(13)14(22-23)15(24)25/h1-6H,7H2,(H,24,25). The summed E-state index contributed by atoms with van der Waals surface area (Å²) in [5.41, 5.74) is -0.917. The highest BCUT2D eigenvalue weighted by atomic mass is 35.5. The third-order valence-corrected chi connectivity index (χ3v) is 3.97. The van der Waals surface area contributed by atoms with Gasteiger partial charge < -0.3 is 5.11 Å². The Hall–Kier alpha value is -2.61. The summed E-state index contributed by atoms with van der Waals surface area (Å²) < 4.78 is 53.0. The number of aromatic nitrogens is 2. The van der Waals surface area contributed by atoms with Crippen LogP contribution in [0.3, 0.4) is 0 Å². The first-order valence-electron chi connectivity index (χ1n) is 6.92. The summed E-state index contributed by atoms with van der Waals surface area (Å²) in [4.78, 5) is 11.3. The molecule has 0 spiro atoms. The molecule has 0 atom stereocenters. The number of carboxylic acid groups (broad SMARTS) is 1. The van der Waals surface area contributed by atoms with Gasteiger partial charge in [-0.2, -0.15) is 18.3 Å². The molecule has 0 unspecified atom stereocenters. The molecule has 2 aromatic carbocycles. The van der Waals surface area contributed by atoms with Crippen LogP contribution in [-0.2, 0) is 12.7 Å². The van der Waals surface area contributed by atoms with E-state index in [1.54, 1.807) is 0 Å². The summed E-state index contributed by atoms with van der Waals surface area (Å²) in [5.74, 6) is -1.93. The normalized spacial score (nSPS) is 11.9. The van der Waals surface area contributed by atoms with Gasteiger partial charge in [-0.05, 0) is 35.9 Å². The molecule has 4 nitrogen and oxygen atoms in total. The second-order valence-electron chi connectivity index (χ2n) is 5.28. The molecule has 0 saturated heterocycles. The van der Waals surface area contributed by atoms with E-state index in [1.165, 1.54) is 6.07 Å². The maximum atomic E-state index is 13.1. The van der Waals surface area contributed by atoms with Gasteiger partial charge >= 0.3 is 12.1 Å². The Balaban J connectivity index is 2.17. The Morgan fingerprint density at radius 2 is 1.92 bits per heavy atom. The number of nitrogens with zero attached hydrogens (tertiary/aromatic N) is 2. The first-order chi connectivity index (χ1) is 11.7. The number of aromatic carboxylic acids is 1. The summed E-state index contributed by atoms with van der Waals surface area (Å²) in [6.45, 7) is -0.107. The van der Waals surface area contributed by atoms with Gasteiger partial charge in [-0.25, -0.2) is 9.18 Å². The second kappa shape index (κ2) is 6.03. The molecule has 0 saturated carbocycles. The molecule has 0 bridgehead atoms. The van der Waals surface area contributed by atoms with Crippen LogP contribution >= 0.6 is 11.6 Å². The molecule has 1 N–H and O–H groups in total. The fraction of sp³-hybridized carbons (Fsp3) is 0.125. The van der Waals surface area contributed by atoms with Crippen LogP contribution in [0.1, 0.15) is 21.6 Å². The van der Waals surface area contributed by atoms with Crippen LogP contribution < -0.4 is 0 Å². The molecule has 9 heteroatoms. The third-order valence-electron chi connectivity index (χ3n) is 3.62. The number of carboxylic acids is 1. The van der Waals surface area contributed by atoms with Gasteiger partial charge in [-0.1, -0.05) is 17.7 Å². The largest absolute Gasteiger partial charge is 0.476 e. The van der Waals surface area contributed by atoms with E-state index in [0.717, 1.165) is 35.0 Å². The van der Waals surface area contributed by atoms with Gasteiger partial charge in [0.1, 0.15) is 5.82 Å². The van der Waals surface area contributed by atoms with Crippen molar-refractivity contribution in [1.82, 2.24) is 9.78 Å². The molecule has 0 fully saturated rings. The molecule has 0 aliphatic heterocycles. The number of rotatable bonds is 3. The van der Waals surface area contributed by atoms with Crippen molar-refractivity contribution in [2.45, 2.75) is 12.7 Å². The van der Waals surface area contributed by atoms with Crippen molar-refractivity contribution >= 4 is 28.5 Å². The first-order valence-corrected chi connectivity index (χ1v) is 7.29. The van der Waals surface area contributed by atoms with Crippen molar-refractivity contribution < 1.29 is 27.5 Å². The number of fused-ring (bicyclic) bond motifs is 1. The summed E-state index contributed by atoms with van der Waals surface area (Å²) in [7, 11) is 0. The van der Waals surface area contributed by atoms with Gasteiger partial charge in [-0.3, -0.25) is 4.68 Å². The van der Waals surface area contributed by atoms with Crippen molar-refractivity contribution in [3.05, 3.63) is 64.1 Å². The molecule has 130 valence electrons. The topological polar surface area (TPSA) is 55.1 Å². The monoisotopic (exact) mass is 372 g/mol. The van der Waals surface area contributed by atoms with Crippen LogP contribution in [-0.4, -0.2) is 20.9 Å². The van der Waals surface area contributed by atoms with E-state index in [-0.39, 0.29) is 28.2 Å². The Morgan fingerprint density at radius 3 is 2.52 bits per heavy atom. The Bertz CT molecular complexity index is 982. The first kappa shape index (κ1) is 17.2. The molecular formula is C16H9ClF4N2O2. The van der Waals surface area contributed by atoms with Gasteiger partial charge in [-0.15, -0.1) is 0 Å². The fourth-order valence-electron chi connectivity index (χ4n) is 2.44. The molecule has 1 heterocycles. The minimum atomic E-state index is -4.58. The van der Waals surface area contributed by atoms with E-state index in [0.29, 0.717) is 5.56 Å². The molecule has 0 radical (unpaired) electrons. The highest BCUT2D eigenvalue weighted by Crippen LogP contribution is 2.32. The van der Waals surface area contributed by atoms with Gasteiger partial charge in [0.05, 0.1) is 17.6 Å². The Morgan fingerprint density at radius 1 is 1.20 bits per heavy atom. The maximum Gasteiger partial charge on any atom is 0.416 e. The van der Waals surface area contributed by atoms with Crippen LogP contribution in [0.2, 0.25) is 5.02 Å². The van der Waals surface area contributed by atoms with E-state index in [1.807, 2.05) is 0 Å². The van der Waals surface area contributed by atoms with Gasteiger partial charge in [0.15, 0.2) is 5.69 Å². The molecular weight excluding hydrogens is 364 g/mol. The van der Waals surface area contributed by atoms with E-state index < -0.39 is 23.5 Å². The average molecular weight is 373 g/mol. The van der Waals surface area contributed by atoms with E-state index in [2.05, 4.69) is 5.10 Å². The fourth-order valence-corrected chi connectivity index (χ4v) is 2.67. The highest BCUT2D eigenvalue weighted by molar-refractivity contribution is 6.31. The lowest BCUT2D eigenvalue weighted by Gasteiger charge is -2.09. The van der Waals surface area contributed by atoms with E-state index in [4.69, 9.17) is 11.6 Å². The maximum absolute atomic E-state index is 13.1. The molecule has 3 aromatic rings. The lowest BCUT2D eigenvalue weighted by molar-refractivity contribution is -0.137. The molecule has 0 aliphatic rings. The molecule has 25 heavy (non-hydrogen) atoms. The van der Waals surface area contributed by atoms with Crippen LogP contribution in [0, 0.1) is 5.82 Å². The Kier molecular flexibility index (Phi) is 4.16. The number of carbonyl (C=O) groups is 1. The van der Waals surface area contributed by atoms with Crippen LogP contribution in [0.25, 0.3) is 10.9 Å². The highest BCUT2D eigenvalue weighted by Gasteiger charge is 2.31. The number of alkyl halides is 3. The predicted molar refractivity (Wildman–Crippen MR) is 82.2 cm³/mol. The van der Waals surface area contributed by atoms with Crippen molar-refractivity contribution in [1.29, 1.82) is 0 Å². The van der Waals surface area contributed by atoms with Gasteiger partial charge in [0.2, 0.25) is 0 Å². The van der Waals surface area contributed by atoms with Crippen molar-refractivity contribution in [2.24, 2.45) is 0 Å². The van der Waals surface area contributed by atoms with E-state index in [9.17, 15) is 27.5 Å². The van der Waals surface area contributed by atoms with Gasteiger partial charge in [0, 0.05) is 10.4 Å². The van der Waals surface area contributed by atoms with Crippen LogP contribution in [0.15, 0.2) is 36.4 Å². The molecule has 3 rings (SSSR count).